The molecule has 0 spiro atoms. The van der Waals surface area contributed by atoms with Crippen LogP contribution in [0.15, 0.2) is 35.9 Å². The van der Waals surface area contributed by atoms with Crippen molar-refractivity contribution in [1.82, 2.24) is 4.57 Å². The van der Waals surface area contributed by atoms with E-state index in [2.05, 4.69) is 124 Å². The van der Waals surface area contributed by atoms with E-state index in [4.69, 9.17) is 0 Å². The van der Waals surface area contributed by atoms with Crippen LogP contribution in [0.5, 0.6) is 0 Å². The molecule has 1 nitrogen and oxygen atoms in total. The summed E-state index contributed by atoms with van der Waals surface area (Å²) < 4.78 is 2.95. The van der Waals surface area contributed by atoms with Gasteiger partial charge in [-0.05, 0) is 98.6 Å². The third kappa shape index (κ3) is 4.01. The zero-order valence-electron chi connectivity index (χ0n) is 24.5. The van der Waals surface area contributed by atoms with Gasteiger partial charge in [-0.1, -0.05) is 84.5 Å². The predicted molar refractivity (Wildman–Crippen MR) is 153 cm³/mol. The summed E-state index contributed by atoms with van der Waals surface area (Å²) in [6, 6.07) is 7.32. The molecule has 34 heavy (non-hydrogen) atoms. The number of allylic oxidation sites excluding steroid dienone is 4. The Morgan fingerprint density at radius 2 is 1.44 bits per heavy atom. The van der Waals surface area contributed by atoms with E-state index in [0.29, 0.717) is 11.8 Å². The Balaban J connectivity index is 1.77. The molecule has 0 saturated heterocycles. The first kappa shape index (κ1) is 26.0. The summed E-state index contributed by atoms with van der Waals surface area (Å²) in [5, 5.41) is 0. The molecule has 188 valence electrons. The highest BCUT2D eigenvalue weighted by molar-refractivity contribution is 6.76. The van der Waals surface area contributed by atoms with Crippen LogP contribution >= 0.6 is 0 Å². The highest BCUT2D eigenvalue weighted by atomic mass is 28.3. The Bertz CT molecular complexity index is 1020. The van der Waals surface area contributed by atoms with Gasteiger partial charge < -0.3 is 4.57 Å². The van der Waals surface area contributed by atoms with Crippen molar-refractivity contribution in [2.75, 3.05) is 0 Å². The summed E-state index contributed by atoms with van der Waals surface area (Å²) in [4.78, 5) is 0. The van der Waals surface area contributed by atoms with Gasteiger partial charge in [0.15, 0.2) is 0 Å². The topological polar surface area (TPSA) is 3.24 Å². The molecule has 3 atom stereocenters. The van der Waals surface area contributed by atoms with Crippen molar-refractivity contribution in [1.29, 1.82) is 0 Å². The molecule has 0 radical (unpaired) electrons. The summed E-state index contributed by atoms with van der Waals surface area (Å²) in [6.07, 6.45) is 8.19. The number of fused-ring (bicyclic) bond motifs is 4. The summed E-state index contributed by atoms with van der Waals surface area (Å²) >= 11 is 0. The molecule has 1 aromatic rings. The van der Waals surface area contributed by atoms with Crippen molar-refractivity contribution in [3.05, 3.63) is 52.6 Å². The van der Waals surface area contributed by atoms with Gasteiger partial charge >= 0.3 is 0 Å². The molecule has 0 bridgehead atoms. The molecule has 2 heteroatoms. The van der Waals surface area contributed by atoms with Crippen molar-refractivity contribution in [2.45, 2.75) is 130 Å². The predicted octanol–water partition coefficient (Wildman–Crippen LogP) is 9.10. The number of hydrogen-bond acceptors (Lipinski definition) is 1. The molecular weight excluding hydrogens is 426 g/mol. The largest absolute Gasteiger partial charge is 0.314 e. The molecule has 0 heterocycles. The van der Waals surface area contributed by atoms with Crippen molar-refractivity contribution in [3.63, 3.8) is 0 Å². The Morgan fingerprint density at radius 1 is 0.853 bits per heavy atom. The van der Waals surface area contributed by atoms with E-state index in [1.165, 1.54) is 29.5 Å². The second-order valence-corrected chi connectivity index (χ2v) is 20.0. The third-order valence-electron chi connectivity index (χ3n) is 9.15. The van der Waals surface area contributed by atoms with Crippen LogP contribution in [-0.4, -0.2) is 23.9 Å². The zero-order valence-corrected chi connectivity index (χ0v) is 25.5. The lowest BCUT2D eigenvalue weighted by Crippen LogP contribution is -2.67. The first-order valence-electron chi connectivity index (χ1n) is 13.7. The van der Waals surface area contributed by atoms with Crippen molar-refractivity contribution in [3.8, 4) is 0 Å². The van der Waals surface area contributed by atoms with Gasteiger partial charge in [0.1, 0.15) is 8.24 Å². The van der Waals surface area contributed by atoms with E-state index in [-0.39, 0.29) is 21.9 Å². The second kappa shape index (κ2) is 7.69. The normalized spacial score (nSPS) is 26.7. The molecule has 1 fully saturated rings. The molecular formula is C32H51NSi. The molecule has 4 rings (SSSR count). The molecule has 1 aromatic carbocycles. The van der Waals surface area contributed by atoms with E-state index in [0.717, 1.165) is 5.54 Å². The van der Waals surface area contributed by atoms with Crippen LogP contribution in [0.25, 0.3) is 5.57 Å². The number of nitrogens with zero attached hydrogens (tertiary/aromatic N) is 1. The van der Waals surface area contributed by atoms with Gasteiger partial charge in [0.05, 0.1) is 0 Å². The molecule has 0 N–H and O–H groups in total. The van der Waals surface area contributed by atoms with Gasteiger partial charge in [0.2, 0.25) is 0 Å². The molecule has 0 amide bonds. The monoisotopic (exact) mass is 477 g/mol. The van der Waals surface area contributed by atoms with E-state index >= 15 is 0 Å². The van der Waals surface area contributed by atoms with E-state index in [1.807, 2.05) is 0 Å². The maximum absolute atomic E-state index is 2.95. The van der Waals surface area contributed by atoms with Gasteiger partial charge in [-0.2, -0.15) is 0 Å². The Morgan fingerprint density at radius 3 is 1.97 bits per heavy atom. The van der Waals surface area contributed by atoms with Crippen LogP contribution in [0.3, 0.4) is 0 Å². The maximum Gasteiger partial charge on any atom is 0.126 e. The second-order valence-electron chi connectivity index (χ2n) is 15.6. The summed E-state index contributed by atoms with van der Waals surface area (Å²) in [7, 11) is -1.72. The van der Waals surface area contributed by atoms with Crippen molar-refractivity contribution >= 4 is 13.8 Å². The highest BCUT2D eigenvalue weighted by Crippen LogP contribution is 2.59. The quantitative estimate of drug-likeness (QED) is 0.384. The van der Waals surface area contributed by atoms with Crippen LogP contribution in [0.2, 0.25) is 18.6 Å². The molecule has 3 aliphatic carbocycles. The smallest absolute Gasteiger partial charge is 0.126 e. The highest BCUT2D eigenvalue weighted by Gasteiger charge is 2.54. The molecule has 0 aliphatic heterocycles. The van der Waals surface area contributed by atoms with E-state index in [1.54, 1.807) is 11.1 Å². The average Bonchev–Trinajstić information content (AvgIpc) is 3.14. The fourth-order valence-electron chi connectivity index (χ4n) is 8.49. The van der Waals surface area contributed by atoms with Gasteiger partial charge in [-0.15, -0.1) is 0 Å². The lowest BCUT2D eigenvalue weighted by Gasteiger charge is -2.57. The van der Waals surface area contributed by atoms with Crippen LogP contribution in [0.4, 0.5) is 0 Å². The minimum atomic E-state index is -1.72. The first-order valence-corrected chi connectivity index (χ1v) is 16.7. The molecule has 1 saturated carbocycles. The fraction of sp³-hybridized carbons (Fsp3) is 0.688. The molecule has 3 aliphatic rings. The van der Waals surface area contributed by atoms with Crippen LogP contribution in [-0.2, 0) is 10.8 Å². The zero-order chi connectivity index (χ0) is 25.6. The third-order valence-corrected chi connectivity index (χ3v) is 14.1. The molecule has 3 unspecified atom stereocenters. The van der Waals surface area contributed by atoms with E-state index in [9.17, 15) is 0 Å². The standard InChI is InChI=1S/C32H51NSi/c1-29(2,3)22-15-16-23-25-18-21-14-17-28(24(21)20-27(25)32(10,11)26(23)19-22)34(12,13)33(30(4,5)6)31(7,8)9/h15-16,18-21,24,28H,14,17H2,1-13H3. The SMILES string of the molecule is CC(C)(C)c1ccc2c(c1)C(C)(C)C1=CC3C(C=C12)CCC3[Si](C)(C)N(C(C)(C)C)C(C)(C)C. The minimum Gasteiger partial charge on any atom is -0.314 e. The van der Waals surface area contributed by atoms with Gasteiger partial charge in [0.25, 0.3) is 0 Å². The van der Waals surface area contributed by atoms with Crippen LogP contribution in [0.1, 0.15) is 106 Å². The lowest BCUT2D eigenvalue weighted by molar-refractivity contribution is 0.122. The summed E-state index contributed by atoms with van der Waals surface area (Å²) in [6.45, 7) is 31.8. The number of rotatable bonds is 2. The Labute approximate surface area is 212 Å². The minimum absolute atomic E-state index is 0.0833. The Hall–Kier alpha value is -1.12. The van der Waals surface area contributed by atoms with E-state index < -0.39 is 8.24 Å². The number of hydrogen-bond donors (Lipinski definition) is 0. The molecule has 0 aromatic heterocycles. The van der Waals surface area contributed by atoms with Gasteiger partial charge in [0, 0.05) is 16.5 Å². The number of benzene rings is 1. The summed E-state index contributed by atoms with van der Waals surface area (Å²) in [5.74, 6) is 1.38. The van der Waals surface area contributed by atoms with Crippen molar-refractivity contribution in [2.24, 2.45) is 11.8 Å². The van der Waals surface area contributed by atoms with Crippen LogP contribution in [0, 0.1) is 11.8 Å². The van der Waals surface area contributed by atoms with Gasteiger partial charge in [-0.25, -0.2) is 0 Å². The first-order chi connectivity index (χ1) is 15.3. The summed E-state index contributed by atoms with van der Waals surface area (Å²) in [5.41, 5.74) is 9.06. The average molecular weight is 478 g/mol. The fourth-order valence-corrected chi connectivity index (χ4v) is 14.4. The Kier molecular flexibility index (Phi) is 5.87. The van der Waals surface area contributed by atoms with Crippen molar-refractivity contribution < 1.29 is 0 Å². The van der Waals surface area contributed by atoms with Gasteiger partial charge in [-0.3, -0.25) is 0 Å². The lowest BCUT2D eigenvalue weighted by atomic mass is 9.75. The van der Waals surface area contributed by atoms with Crippen LogP contribution < -0.4 is 0 Å². The maximum atomic E-state index is 2.95.